The molecule has 2 aromatic carbocycles. The molecule has 5 heteroatoms. The highest BCUT2D eigenvalue weighted by molar-refractivity contribution is 9.10. The molecule has 3 rings (SSSR count). The van der Waals surface area contributed by atoms with Crippen LogP contribution in [0, 0.1) is 12.7 Å². The van der Waals surface area contributed by atoms with Gasteiger partial charge in [-0.05, 0) is 36.8 Å². The lowest BCUT2D eigenvalue weighted by molar-refractivity contribution is -0.115. The normalized spacial score (nSPS) is 18.3. The first kappa shape index (κ1) is 14.6. The number of thioether (sulfide) groups is 1. The summed E-state index contributed by atoms with van der Waals surface area (Å²) in [5, 5.41) is -0.306. The van der Waals surface area contributed by atoms with Crippen molar-refractivity contribution in [1.29, 1.82) is 0 Å². The molecule has 1 saturated heterocycles. The number of aryl methyl sites for hydroxylation is 1. The lowest BCUT2D eigenvalue weighted by Crippen LogP contribution is -2.28. The summed E-state index contributed by atoms with van der Waals surface area (Å²) in [6.07, 6.45) is 0. The van der Waals surface area contributed by atoms with E-state index < -0.39 is 0 Å². The summed E-state index contributed by atoms with van der Waals surface area (Å²) >= 11 is 4.91. The van der Waals surface area contributed by atoms with E-state index in [1.54, 1.807) is 23.1 Å². The molecule has 0 radical (unpaired) electrons. The third-order valence-corrected chi connectivity index (χ3v) is 5.54. The molecule has 1 fully saturated rings. The van der Waals surface area contributed by atoms with Gasteiger partial charge in [0.15, 0.2) is 0 Å². The Morgan fingerprint density at radius 2 is 2.05 bits per heavy atom. The second kappa shape index (κ2) is 5.81. The van der Waals surface area contributed by atoms with E-state index in [9.17, 15) is 9.18 Å². The van der Waals surface area contributed by atoms with Crippen molar-refractivity contribution in [3.63, 3.8) is 0 Å². The average Bonchev–Trinajstić information content (AvgIpc) is 2.84. The van der Waals surface area contributed by atoms with Gasteiger partial charge in [0.2, 0.25) is 5.91 Å². The van der Waals surface area contributed by atoms with Crippen molar-refractivity contribution in [2.24, 2.45) is 0 Å². The molecule has 21 heavy (non-hydrogen) atoms. The van der Waals surface area contributed by atoms with Gasteiger partial charge < -0.3 is 0 Å². The number of carbonyl (C=O) groups excluding carboxylic acids is 1. The van der Waals surface area contributed by atoms with Crippen LogP contribution in [0.25, 0.3) is 0 Å². The topological polar surface area (TPSA) is 20.3 Å². The van der Waals surface area contributed by atoms with Crippen LogP contribution in [0.1, 0.15) is 16.5 Å². The van der Waals surface area contributed by atoms with E-state index in [1.165, 1.54) is 17.8 Å². The number of anilines is 1. The van der Waals surface area contributed by atoms with Gasteiger partial charge in [-0.1, -0.05) is 34.1 Å². The summed E-state index contributed by atoms with van der Waals surface area (Å²) in [5.41, 5.74) is 2.40. The quantitative estimate of drug-likeness (QED) is 0.770. The van der Waals surface area contributed by atoms with Crippen LogP contribution in [-0.2, 0) is 4.79 Å². The number of nitrogens with zero attached hydrogens (tertiary/aromatic N) is 1. The predicted molar refractivity (Wildman–Crippen MR) is 88.0 cm³/mol. The fraction of sp³-hybridized carbons (Fsp3) is 0.188. The summed E-state index contributed by atoms with van der Waals surface area (Å²) in [5.74, 6) is 0.104. The molecule has 2 nitrogen and oxygen atoms in total. The van der Waals surface area contributed by atoms with Gasteiger partial charge in [0.1, 0.15) is 11.2 Å². The molecular formula is C16H13BrFNOS. The minimum absolute atomic E-state index is 0.00924. The first-order chi connectivity index (χ1) is 10.1. The summed E-state index contributed by atoms with van der Waals surface area (Å²) in [7, 11) is 0. The molecule has 0 bridgehead atoms. The maximum atomic E-state index is 14.0. The van der Waals surface area contributed by atoms with Crippen LogP contribution in [0.5, 0.6) is 0 Å². The molecule has 0 spiro atoms. The highest BCUT2D eigenvalue weighted by Crippen LogP contribution is 2.43. The summed E-state index contributed by atoms with van der Waals surface area (Å²) in [6.45, 7) is 1.97. The number of amides is 1. The maximum absolute atomic E-state index is 14.0. The third kappa shape index (κ3) is 2.72. The molecule has 0 saturated carbocycles. The molecule has 2 aromatic rings. The van der Waals surface area contributed by atoms with Crippen LogP contribution in [0.15, 0.2) is 46.9 Å². The molecule has 0 N–H and O–H groups in total. The van der Waals surface area contributed by atoms with Crippen LogP contribution in [0.2, 0.25) is 0 Å². The molecule has 0 unspecified atom stereocenters. The molecule has 0 aromatic heterocycles. The van der Waals surface area contributed by atoms with Crippen LogP contribution in [0.4, 0.5) is 10.1 Å². The molecule has 1 heterocycles. The molecular weight excluding hydrogens is 353 g/mol. The Bertz CT molecular complexity index is 706. The van der Waals surface area contributed by atoms with Gasteiger partial charge in [-0.25, -0.2) is 4.39 Å². The van der Waals surface area contributed by atoms with Crippen LogP contribution in [-0.4, -0.2) is 11.7 Å². The second-order valence-electron chi connectivity index (χ2n) is 4.88. The Morgan fingerprint density at radius 1 is 1.29 bits per heavy atom. The fourth-order valence-electron chi connectivity index (χ4n) is 2.39. The largest absolute Gasteiger partial charge is 0.295 e. The van der Waals surface area contributed by atoms with Crippen molar-refractivity contribution in [3.8, 4) is 0 Å². The Kier molecular flexibility index (Phi) is 4.04. The second-order valence-corrected chi connectivity index (χ2v) is 6.80. The van der Waals surface area contributed by atoms with E-state index in [2.05, 4.69) is 15.9 Å². The van der Waals surface area contributed by atoms with E-state index >= 15 is 0 Å². The molecule has 1 aliphatic heterocycles. The van der Waals surface area contributed by atoms with E-state index in [0.29, 0.717) is 11.3 Å². The third-order valence-electron chi connectivity index (χ3n) is 3.46. The molecule has 1 aliphatic rings. The van der Waals surface area contributed by atoms with Gasteiger partial charge in [-0.2, -0.15) is 0 Å². The van der Waals surface area contributed by atoms with Crippen molar-refractivity contribution in [2.45, 2.75) is 12.3 Å². The molecule has 1 atom stereocenters. The van der Waals surface area contributed by atoms with Gasteiger partial charge in [0.25, 0.3) is 0 Å². The van der Waals surface area contributed by atoms with Crippen molar-refractivity contribution >= 4 is 39.3 Å². The first-order valence-electron chi connectivity index (χ1n) is 6.52. The molecule has 108 valence electrons. The van der Waals surface area contributed by atoms with E-state index in [0.717, 1.165) is 15.7 Å². The number of rotatable bonds is 2. The van der Waals surface area contributed by atoms with E-state index in [1.807, 2.05) is 25.1 Å². The zero-order valence-electron chi connectivity index (χ0n) is 11.3. The Hall–Kier alpha value is -1.33. The zero-order chi connectivity index (χ0) is 15.0. The number of carbonyl (C=O) groups is 1. The Labute approximate surface area is 135 Å². The Balaban J connectivity index is 2.04. The molecule has 0 aliphatic carbocycles. The number of halogens is 2. The monoisotopic (exact) mass is 365 g/mol. The zero-order valence-corrected chi connectivity index (χ0v) is 13.7. The van der Waals surface area contributed by atoms with Gasteiger partial charge in [0.05, 0.1) is 5.75 Å². The predicted octanol–water partition coefficient (Wildman–Crippen LogP) is 4.68. The first-order valence-corrected chi connectivity index (χ1v) is 8.36. The van der Waals surface area contributed by atoms with Gasteiger partial charge in [0, 0.05) is 15.7 Å². The highest BCUT2D eigenvalue weighted by atomic mass is 79.9. The van der Waals surface area contributed by atoms with Gasteiger partial charge >= 0.3 is 0 Å². The van der Waals surface area contributed by atoms with Crippen molar-refractivity contribution < 1.29 is 9.18 Å². The van der Waals surface area contributed by atoms with Crippen LogP contribution < -0.4 is 4.90 Å². The lowest BCUT2D eigenvalue weighted by Gasteiger charge is -2.25. The van der Waals surface area contributed by atoms with Crippen molar-refractivity contribution in [3.05, 3.63) is 63.9 Å². The van der Waals surface area contributed by atoms with Gasteiger partial charge in [-0.15, -0.1) is 11.8 Å². The summed E-state index contributed by atoms with van der Waals surface area (Å²) < 4.78 is 15.0. The highest BCUT2D eigenvalue weighted by Gasteiger charge is 2.35. The van der Waals surface area contributed by atoms with Gasteiger partial charge in [-0.3, -0.25) is 9.69 Å². The fourth-order valence-corrected chi connectivity index (χ4v) is 3.83. The summed E-state index contributed by atoms with van der Waals surface area (Å²) in [4.78, 5) is 13.9. The maximum Gasteiger partial charge on any atom is 0.238 e. The number of hydrogen-bond donors (Lipinski definition) is 0. The van der Waals surface area contributed by atoms with E-state index in [-0.39, 0.29) is 17.1 Å². The standard InChI is InChI=1S/C16H13BrFNOS/c1-10-8-11(6-7-13(10)17)19-15(20)9-21-16(19)12-4-2-3-5-14(12)18/h2-8,16H,9H2,1H3/t16-/m0/s1. The molecule has 1 amide bonds. The van der Waals surface area contributed by atoms with Crippen molar-refractivity contribution in [1.82, 2.24) is 0 Å². The van der Waals surface area contributed by atoms with Crippen LogP contribution >= 0.6 is 27.7 Å². The van der Waals surface area contributed by atoms with E-state index in [4.69, 9.17) is 0 Å². The minimum atomic E-state index is -0.306. The average molecular weight is 366 g/mol. The SMILES string of the molecule is Cc1cc(N2C(=O)CS[C@H]2c2ccccc2F)ccc1Br. The minimum Gasteiger partial charge on any atom is -0.295 e. The smallest absolute Gasteiger partial charge is 0.238 e. The lowest BCUT2D eigenvalue weighted by atomic mass is 10.1. The van der Waals surface area contributed by atoms with Crippen molar-refractivity contribution in [2.75, 3.05) is 10.7 Å². The number of benzene rings is 2. The summed E-state index contributed by atoms with van der Waals surface area (Å²) in [6, 6.07) is 12.4. The Morgan fingerprint density at radius 3 is 2.76 bits per heavy atom. The van der Waals surface area contributed by atoms with Crippen LogP contribution in [0.3, 0.4) is 0 Å². The number of hydrogen-bond acceptors (Lipinski definition) is 2.